The average molecular weight is 383 g/mol. The van der Waals surface area contributed by atoms with Gasteiger partial charge in [0.2, 0.25) is 5.91 Å². The Hall–Kier alpha value is -3.22. The highest BCUT2D eigenvalue weighted by molar-refractivity contribution is 5.96. The maximum Gasteiger partial charge on any atom is 0.231 e. The van der Waals surface area contributed by atoms with Crippen molar-refractivity contribution < 1.29 is 18.3 Å². The molecule has 0 saturated carbocycles. The van der Waals surface area contributed by atoms with Crippen molar-refractivity contribution in [2.24, 2.45) is 0 Å². The van der Waals surface area contributed by atoms with Gasteiger partial charge in [0.05, 0.1) is 30.0 Å². The largest absolute Gasteiger partial charge is 0.490 e. The first-order chi connectivity index (χ1) is 13.4. The van der Waals surface area contributed by atoms with Gasteiger partial charge >= 0.3 is 0 Å². The Balaban J connectivity index is 1.63. The highest BCUT2D eigenvalue weighted by atomic mass is 19.1. The third kappa shape index (κ3) is 3.24. The molecule has 1 aliphatic heterocycles. The number of carbonyl (C=O) groups excluding carboxylic acids is 1. The van der Waals surface area contributed by atoms with Crippen LogP contribution in [0.5, 0.6) is 5.75 Å². The third-order valence-electron chi connectivity index (χ3n) is 4.93. The van der Waals surface area contributed by atoms with E-state index in [0.717, 1.165) is 22.6 Å². The number of carbonyl (C=O) groups is 1. The summed E-state index contributed by atoms with van der Waals surface area (Å²) in [5.74, 6) is -0.395. The monoisotopic (exact) mass is 383 g/mol. The number of benzene rings is 2. The predicted molar refractivity (Wildman–Crippen MR) is 101 cm³/mol. The van der Waals surface area contributed by atoms with E-state index in [9.17, 15) is 13.6 Å². The smallest absolute Gasteiger partial charge is 0.231 e. The number of hydrogen-bond donors (Lipinski definition) is 0. The molecule has 1 aromatic heterocycles. The normalized spacial score (nSPS) is 13.2. The van der Waals surface area contributed by atoms with E-state index in [4.69, 9.17) is 4.74 Å². The minimum atomic E-state index is -0.418. The van der Waals surface area contributed by atoms with Gasteiger partial charge in [0.1, 0.15) is 24.0 Å². The molecular formula is C21H19F2N3O2. The zero-order valence-corrected chi connectivity index (χ0v) is 15.6. The molecule has 7 heteroatoms. The van der Waals surface area contributed by atoms with Gasteiger partial charge in [-0.25, -0.2) is 13.5 Å². The molecule has 0 N–H and O–H groups in total. The number of amides is 1. The van der Waals surface area contributed by atoms with Gasteiger partial charge in [-0.3, -0.25) is 4.79 Å². The van der Waals surface area contributed by atoms with Gasteiger partial charge in [-0.1, -0.05) is 0 Å². The quantitative estimate of drug-likeness (QED) is 0.692. The summed E-state index contributed by atoms with van der Waals surface area (Å²) in [6.45, 7) is 4.43. The van der Waals surface area contributed by atoms with Crippen LogP contribution in [-0.2, 0) is 11.2 Å². The van der Waals surface area contributed by atoms with Gasteiger partial charge in [-0.2, -0.15) is 5.10 Å². The first kappa shape index (κ1) is 18.2. The number of fused-ring (bicyclic) bond motifs is 1. The first-order valence-electron chi connectivity index (χ1n) is 8.98. The number of nitrogens with zero attached hydrogens (tertiary/aromatic N) is 3. The maximum atomic E-state index is 13.7. The molecule has 0 aliphatic carbocycles. The fourth-order valence-corrected chi connectivity index (χ4v) is 3.46. The summed E-state index contributed by atoms with van der Waals surface area (Å²) in [7, 11) is 0. The molecule has 0 spiro atoms. The van der Waals surface area contributed by atoms with E-state index in [1.165, 1.54) is 30.3 Å². The summed E-state index contributed by atoms with van der Waals surface area (Å²) in [4.78, 5) is 14.5. The zero-order valence-electron chi connectivity index (χ0n) is 15.6. The number of hydrogen-bond acceptors (Lipinski definition) is 3. The van der Waals surface area contributed by atoms with E-state index >= 15 is 0 Å². The summed E-state index contributed by atoms with van der Waals surface area (Å²) >= 11 is 0. The second-order valence-corrected chi connectivity index (χ2v) is 6.72. The molecule has 0 saturated heterocycles. The van der Waals surface area contributed by atoms with Crippen LogP contribution in [0.15, 0.2) is 42.5 Å². The molecular weight excluding hydrogens is 364 g/mol. The van der Waals surface area contributed by atoms with Crippen molar-refractivity contribution in [2.75, 3.05) is 18.1 Å². The fraction of sp³-hybridized carbons (Fsp3) is 0.238. The number of anilines is 1. The summed E-state index contributed by atoms with van der Waals surface area (Å²) < 4.78 is 34.1. The van der Waals surface area contributed by atoms with Gasteiger partial charge in [-0.15, -0.1) is 0 Å². The molecule has 144 valence electrons. The Bertz CT molecular complexity index is 1040. The van der Waals surface area contributed by atoms with Crippen molar-refractivity contribution in [3.05, 3.63) is 71.1 Å². The lowest BCUT2D eigenvalue weighted by Gasteiger charge is -2.29. The summed E-state index contributed by atoms with van der Waals surface area (Å²) in [5.41, 5.74) is 3.50. The number of halogens is 2. The molecule has 5 nitrogen and oxygen atoms in total. The maximum absolute atomic E-state index is 13.7. The Morgan fingerprint density at radius 1 is 1.11 bits per heavy atom. The summed E-state index contributed by atoms with van der Waals surface area (Å²) in [6.07, 6.45) is 0.134. The van der Waals surface area contributed by atoms with Crippen LogP contribution in [0.25, 0.3) is 5.69 Å². The van der Waals surface area contributed by atoms with Crippen LogP contribution in [0.3, 0.4) is 0 Å². The highest BCUT2D eigenvalue weighted by Gasteiger charge is 2.26. The van der Waals surface area contributed by atoms with E-state index in [2.05, 4.69) is 5.10 Å². The zero-order chi connectivity index (χ0) is 19.8. The van der Waals surface area contributed by atoms with E-state index in [-0.39, 0.29) is 18.1 Å². The van der Waals surface area contributed by atoms with Crippen LogP contribution < -0.4 is 9.64 Å². The Morgan fingerprint density at radius 2 is 1.82 bits per heavy atom. The molecule has 1 aliphatic rings. The lowest BCUT2D eigenvalue weighted by molar-refractivity contribution is -0.118. The summed E-state index contributed by atoms with van der Waals surface area (Å²) in [5, 5.41) is 4.51. The van der Waals surface area contributed by atoms with E-state index < -0.39 is 5.82 Å². The van der Waals surface area contributed by atoms with Crippen LogP contribution in [0.1, 0.15) is 17.0 Å². The van der Waals surface area contributed by atoms with Crippen molar-refractivity contribution in [1.82, 2.24) is 9.78 Å². The number of aromatic nitrogens is 2. The minimum Gasteiger partial charge on any atom is -0.490 e. The lowest BCUT2D eigenvalue weighted by atomic mass is 10.1. The molecule has 4 rings (SSSR count). The van der Waals surface area contributed by atoms with Crippen LogP contribution in [0.2, 0.25) is 0 Å². The van der Waals surface area contributed by atoms with Gasteiger partial charge in [0.15, 0.2) is 0 Å². The van der Waals surface area contributed by atoms with Crippen LogP contribution in [-0.4, -0.2) is 28.8 Å². The van der Waals surface area contributed by atoms with Gasteiger partial charge in [0, 0.05) is 17.3 Å². The highest BCUT2D eigenvalue weighted by Crippen LogP contribution is 2.33. The molecule has 1 amide bonds. The third-order valence-corrected chi connectivity index (χ3v) is 4.93. The number of rotatable bonds is 3. The standard InChI is InChI=1S/C21H19F2N3O2/c1-13-18(14(2)26(24-13)17-6-3-15(22)4-7-17)12-21(27)25-9-10-28-20-8-5-16(23)11-19(20)25/h3-8,11H,9-10,12H2,1-2H3. The topological polar surface area (TPSA) is 47.4 Å². The molecule has 0 bridgehead atoms. The molecule has 28 heavy (non-hydrogen) atoms. The lowest BCUT2D eigenvalue weighted by Crippen LogP contribution is -2.39. The minimum absolute atomic E-state index is 0.134. The molecule has 0 radical (unpaired) electrons. The van der Waals surface area contributed by atoms with Gasteiger partial charge < -0.3 is 9.64 Å². The molecule has 0 fully saturated rings. The Kier molecular flexibility index (Phi) is 4.58. The van der Waals surface area contributed by atoms with Gasteiger partial charge in [0.25, 0.3) is 0 Å². The van der Waals surface area contributed by atoms with E-state index in [1.807, 2.05) is 13.8 Å². The van der Waals surface area contributed by atoms with Crippen molar-refractivity contribution in [1.29, 1.82) is 0 Å². The molecule has 0 atom stereocenters. The van der Waals surface area contributed by atoms with Crippen molar-refractivity contribution in [3.63, 3.8) is 0 Å². The molecule has 2 heterocycles. The predicted octanol–water partition coefficient (Wildman–Crippen LogP) is 3.74. The summed E-state index contributed by atoms with van der Waals surface area (Å²) in [6, 6.07) is 10.2. The van der Waals surface area contributed by atoms with E-state index in [0.29, 0.717) is 24.6 Å². The number of aryl methyl sites for hydroxylation is 1. The van der Waals surface area contributed by atoms with Crippen LogP contribution in [0.4, 0.5) is 14.5 Å². The van der Waals surface area contributed by atoms with E-state index in [1.54, 1.807) is 21.7 Å². The van der Waals surface area contributed by atoms with Crippen molar-refractivity contribution in [3.8, 4) is 11.4 Å². The fourth-order valence-electron chi connectivity index (χ4n) is 3.46. The Morgan fingerprint density at radius 3 is 2.57 bits per heavy atom. The molecule has 2 aromatic carbocycles. The van der Waals surface area contributed by atoms with Crippen molar-refractivity contribution >= 4 is 11.6 Å². The first-order valence-corrected chi connectivity index (χ1v) is 8.98. The second kappa shape index (κ2) is 7.07. The van der Waals surface area contributed by atoms with Crippen LogP contribution in [0, 0.1) is 25.5 Å². The Labute approximate surface area is 161 Å². The SMILES string of the molecule is Cc1nn(-c2ccc(F)cc2)c(C)c1CC(=O)N1CCOc2ccc(F)cc21. The second-order valence-electron chi connectivity index (χ2n) is 6.72. The van der Waals surface area contributed by atoms with Crippen molar-refractivity contribution in [2.45, 2.75) is 20.3 Å². The molecule has 0 unspecified atom stereocenters. The molecule has 3 aromatic rings. The van der Waals surface area contributed by atoms with Crippen LogP contribution >= 0.6 is 0 Å². The number of ether oxygens (including phenoxy) is 1. The average Bonchev–Trinajstić information content (AvgIpc) is 2.96. The van der Waals surface area contributed by atoms with Gasteiger partial charge in [-0.05, 0) is 50.2 Å².